The van der Waals surface area contributed by atoms with Crippen molar-refractivity contribution in [3.8, 4) is 5.75 Å². The van der Waals surface area contributed by atoms with E-state index in [1.807, 2.05) is 12.1 Å². The Morgan fingerprint density at radius 2 is 2.18 bits per heavy atom. The molecule has 0 bridgehead atoms. The zero-order chi connectivity index (χ0) is 15.3. The second kappa shape index (κ2) is 8.60. The highest BCUT2D eigenvalue weighted by Crippen LogP contribution is 2.28. The third-order valence-electron chi connectivity index (χ3n) is 3.88. The summed E-state index contributed by atoms with van der Waals surface area (Å²) in [5, 5.41) is 12.9. The van der Waals surface area contributed by atoms with Crippen molar-refractivity contribution >= 4 is 29.9 Å². The molecule has 124 valence electrons. The van der Waals surface area contributed by atoms with Gasteiger partial charge in [0.1, 0.15) is 5.75 Å². The summed E-state index contributed by atoms with van der Waals surface area (Å²) in [5.74, 6) is 1.34. The standard InChI is InChI=1S/C17H27N3O.HI/c1-4-18-16(20-11-9-17(2,3)13-20)19-10-8-14-6-5-7-15(21)12-14;/h5-7,12,21H,4,8-11,13H2,1-3H3,(H,18,19);1H. The summed E-state index contributed by atoms with van der Waals surface area (Å²) in [4.78, 5) is 7.09. The fourth-order valence-corrected chi connectivity index (χ4v) is 2.72. The van der Waals surface area contributed by atoms with Crippen molar-refractivity contribution in [2.24, 2.45) is 10.4 Å². The third kappa shape index (κ3) is 5.66. The Morgan fingerprint density at radius 1 is 1.41 bits per heavy atom. The van der Waals surface area contributed by atoms with Crippen LogP contribution in [-0.2, 0) is 6.42 Å². The molecule has 1 fully saturated rings. The monoisotopic (exact) mass is 417 g/mol. The van der Waals surface area contributed by atoms with Crippen LogP contribution in [0.15, 0.2) is 29.3 Å². The second-order valence-corrected chi connectivity index (χ2v) is 6.49. The van der Waals surface area contributed by atoms with Gasteiger partial charge >= 0.3 is 0 Å². The van der Waals surface area contributed by atoms with Gasteiger partial charge in [0.2, 0.25) is 0 Å². The number of aromatic hydroxyl groups is 1. The molecule has 0 saturated carbocycles. The first-order valence-electron chi connectivity index (χ1n) is 7.81. The fraction of sp³-hybridized carbons (Fsp3) is 0.588. The summed E-state index contributed by atoms with van der Waals surface area (Å²) in [7, 11) is 0. The van der Waals surface area contributed by atoms with E-state index in [-0.39, 0.29) is 24.0 Å². The maximum atomic E-state index is 9.48. The number of benzene rings is 1. The van der Waals surface area contributed by atoms with Crippen molar-refractivity contribution in [1.29, 1.82) is 0 Å². The molecular formula is C17H28IN3O. The molecule has 1 aliphatic heterocycles. The van der Waals surface area contributed by atoms with Crippen LogP contribution in [0.2, 0.25) is 0 Å². The Morgan fingerprint density at radius 3 is 2.77 bits per heavy atom. The Kier molecular flexibility index (Phi) is 7.45. The molecule has 0 aliphatic carbocycles. The molecule has 1 aliphatic rings. The summed E-state index contributed by atoms with van der Waals surface area (Å²) in [6.45, 7) is 10.5. The van der Waals surface area contributed by atoms with Gasteiger partial charge < -0.3 is 15.3 Å². The van der Waals surface area contributed by atoms with Crippen LogP contribution in [0.5, 0.6) is 5.75 Å². The number of phenols is 1. The summed E-state index contributed by atoms with van der Waals surface area (Å²) in [6.07, 6.45) is 2.06. The van der Waals surface area contributed by atoms with E-state index in [4.69, 9.17) is 4.99 Å². The van der Waals surface area contributed by atoms with E-state index in [1.54, 1.807) is 12.1 Å². The van der Waals surface area contributed by atoms with Crippen molar-refractivity contribution in [1.82, 2.24) is 10.2 Å². The van der Waals surface area contributed by atoms with Crippen LogP contribution in [0.1, 0.15) is 32.8 Å². The van der Waals surface area contributed by atoms with Crippen molar-refractivity contribution in [3.05, 3.63) is 29.8 Å². The molecule has 2 rings (SSSR count). The van der Waals surface area contributed by atoms with Crippen LogP contribution >= 0.6 is 24.0 Å². The molecule has 0 spiro atoms. The van der Waals surface area contributed by atoms with Gasteiger partial charge in [-0.25, -0.2) is 0 Å². The normalized spacial score (nSPS) is 17.2. The zero-order valence-corrected chi connectivity index (χ0v) is 16.1. The lowest BCUT2D eigenvalue weighted by Gasteiger charge is -2.23. The van der Waals surface area contributed by atoms with Crippen LogP contribution in [0.25, 0.3) is 0 Å². The van der Waals surface area contributed by atoms with E-state index >= 15 is 0 Å². The van der Waals surface area contributed by atoms with Gasteiger partial charge in [0, 0.05) is 26.2 Å². The van der Waals surface area contributed by atoms with Gasteiger partial charge in [-0.3, -0.25) is 4.99 Å². The maximum Gasteiger partial charge on any atom is 0.193 e. The highest BCUT2D eigenvalue weighted by atomic mass is 127. The Hall–Kier alpha value is -0.980. The van der Waals surface area contributed by atoms with Gasteiger partial charge in [-0.05, 0) is 42.9 Å². The zero-order valence-electron chi connectivity index (χ0n) is 13.8. The number of rotatable bonds is 4. The molecule has 5 heteroatoms. The van der Waals surface area contributed by atoms with Gasteiger partial charge in [-0.15, -0.1) is 24.0 Å². The molecule has 1 aromatic rings. The lowest BCUT2D eigenvalue weighted by Crippen LogP contribution is -2.40. The molecule has 1 heterocycles. The van der Waals surface area contributed by atoms with E-state index in [1.165, 1.54) is 6.42 Å². The highest BCUT2D eigenvalue weighted by Gasteiger charge is 2.30. The predicted molar refractivity (Wildman–Crippen MR) is 103 cm³/mol. The molecule has 4 nitrogen and oxygen atoms in total. The molecule has 0 aromatic heterocycles. The molecule has 2 N–H and O–H groups in total. The van der Waals surface area contributed by atoms with E-state index in [9.17, 15) is 5.11 Å². The number of hydrogen-bond acceptors (Lipinski definition) is 2. The van der Waals surface area contributed by atoms with E-state index < -0.39 is 0 Å². The van der Waals surface area contributed by atoms with Crippen LogP contribution in [0.4, 0.5) is 0 Å². The Balaban J connectivity index is 0.00000242. The molecule has 0 amide bonds. The number of likely N-dealkylation sites (tertiary alicyclic amines) is 1. The van der Waals surface area contributed by atoms with Gasteiger partial charge in [-0.2, -0.15) is 0 Å². The second-order valence-electron chi connectivity index (χ2n) is 6.49. The molecule has 22 heavy (non-hydrogen) atoms. The van der Waals surface area contributed by atoms with Crippen molar-refractivity contribution < 1.29 is 5.11 Å². The van der Waals surface area contributed by atoms with Crippen LogP contribution in [0, 0.1) is 5.41 Å². The average molecular weight is 417 g/mol. The van der Waals surface area contributed by atoms with Gasteiger partial charge in [0.25, 0.3) is 0 Å². The Bertz CT molecular complexity index is 502. The number of aliphatic imine (C=N–C) groups is 1. The number of nitrogens with zero attached hydrogens (tertiary/aromatic N) is 2. The smallest absolute Gasteiger partial charge is 0.193 e. The largest absolute Gasteiger partial charge is 0.508 e. The summed E-state index contributed by atoms with van der Waals surface area (Å²) in [6, 6.07) is 7.41. The molecule has 0 radical (unpaired) electrons. The van der Waals surface area contributed by atoms with E-state index in [0.29, 0.717) is 11.2 Å². The number of hydrogen-bond donors (Lipinski definition) is 2. The van der Waals surface area contributed by atoms with Gasteiger partial charge in [-0.1, -0.05) is 26.0 Å². The first-order chi connectivity index (χ1) is 10.00. The predicted octanol–water partition coefficient (Wildman–Crippen LogP) is 3.25. The van der Waals surface area contributed by atoms with Crippen LogP contribution in [0.3, 0.4) is 0 Å². The topological polar surface area (TPSA) is 47.9 Å². The molecule has 1 saturated heterocycles. The van der Waals surface area contributed by atoms with Crippen LogP contribution in [-0.4, -0.2) is 42.1 Å². The minimum absolute atomic E-state index is 0. The summed E-state index contributed by atoms with van der Waals surface area (Å²) < 4.78 is 0. The number of guanidine groups is 1. The maximum absolute atomic E-state index is 9.48. The van der Waals surface area contributed by atoms with Gasteiger partial charge in [0.15, 0.2) is 5.96 Å². The first kappa shape index (κ1) is 19.1. The lowest BCUT2D eigenvalue weighted by atomic mass is 9.93. The molecular weight excluding hydrogens is 389 g/mol. The molecule has 0 unspecified atom stereocenters. The molecule has 1 aromatic carbocycles. The van der Waals surface area contributed by atoms with Crippen molar-refractivity contribution in [3.63, 3.8) is 0 Å². The first-order valence-corrected chi connectivity index (χ1v) is 7.81. The van der Waals surface area contributed by atoms with Crippen molar-refractivity contribution in [2.45, 2.75) is 33.6 Å². The Labute approximate surface area is 151 Å². The quantitative estimate of drug-likeness (QED) is 0.449. The summed E-state index contributed by atoms with van der Waals surface area (Å²) in [5.41, 5.74) is 1.50. The number of halogens is 1. The number of nitrogens with one attached hydrogen (secondary N) is 1. The molecule has 0 atom stereocenters. The van der Waals surface area contributed by atoms with Gasteiger partial charge in [0.05, 0.1) is 0 Å². The van der Waals surface area contributed by atoms with Crippen molar-refractivity contribution in [2.75, 3.05) is 26.2 Å². The lowest BCUT2D eigenvalue weighted by molar-refractivity contribution is 0.370. The fourth-order valence-electron chi connectivity index (χ4n) is 2.72. The number of phenolic OH excluding ortho intramolecular Hbond substituents is 1. The van der Waals surface area contributed by atoms with E-state index in [2.05, 4.69) is 31.0 Å². The highest BCUT2D eigenvalue weighted by molar-refractivity contribution is 14.0. The average Bonchev–Trinajstić information content (AvgIpc) is 2.78. The van der Waals surface area contributed by atoms with Crippen LogP contribution < -0.4 is 5.32 Å². The third-order valence-corrected chi connectivity index (χ3v) is 3.88. The minimum atomic E-state index is 0. The summed E-state index contributed by atoms with van der Waals surface area (Å²) >= 11 is 0. The van der Waals surface area contributed by atoms with E-state index in [0.717, 1.165) is 44.1 Å². The SMILES string of the molecule is CCNC(=NCCc1cccc(O)c1)N1CCC(C)(C)C1.I. The minimum Gasteiger partial charge on any atom is -0.508 e.